The van der Waals surface area contributed by atoms with Crippen LogP contribution in [0.25, 0.3) is 6.08 Å². The van der Waals surface area contributed by atoms with Gasteiger partial charge in [-0.1, -0.05) is 42.3 Å². The van der Waals surface area contributed by atoms with Crippen molar-refractivity contribution in [2.24, 2.45) is 5.92 Å². The summed E-state index contributed by atoms with van der Waals surface area (Å²) in [5.41, 5.74) is 2.27. The number of urea groups is 1. The van der Waals surface area contributed by atoms with Crippen LogP contribution in [-0.4, -0.2) is 51.1 Å². The molecular weight excluding hydrogens is 444 g/mol. The number of nitrogens with zero attached hydrogens (tertiary/aromatic N) is 5. The molecule has 10 heteroatoms. The van der Waals surface area contributed by atoms with Gasteiger partial charge in [0.1, 0.15) is 5.75 Å². The average molecular weight is 467 g/mol. The van der Waals surface area contributed by atoms with Crippen LogP contribution in [0.3, 0.4) is 0 Å². The summed E-state index contributed by atoms with van der Waals surface area (Å²) in [6, 6.07) is 7.73. The smallest absolute Gasteiger partial charge is 0.323 e. The summed E-state index contributed by atoms with van der Waals surface area (Å²) in [5, 5.41) is 3.23. The maximum absolute atomic E-state index is 12.7. The molecule has 1 atom stereocenters. The molecule has 4 rings (SSSR count). The molecule has 1 N–H and O–H groups in total. The number of rotatable bonds is 5. The van der Waals surface area contributed by atoms with Crippen LogP contribution in [0, 0.1) is 5.92 Å². The third-order valence-corrected chi connectivity index (χ3v) is 5.35. The van der Waals surface area contributed by atoms with Crippen molar-refractivity contribution in [1.82, 2.24) is 24.8 Å². The van der Waals surface area contributed by atoms with E-state index in [1.165, 1.54) is 37.5 Å². The Bertz CT molecular complexity index is 1150. The lowest BCUT2D eigenvalue weighted by Gasteiger charge is -2.33. The van der Waals surface area contributed by atoms with Gasteiger partial charge in [-0.05, 0) is 30.0 Å². The van der Waals surface area contributed by atoms with Crippen LogP contribution in [0.4, 0.5) is 10.6 Å². The molecule has 1 fully saturated rings. The summed E-state index contributed by atoms with van der Waals surface area (Å²) in [6.07, 6.45) is 8.86. The SMILES string of the molecule is COc1cncc(NC(=O)N2CCC(=Cc3cccc(Oc4ncc(Cl)cn4)c3)C(C)C2)n1. The van der Waals surface area contributed by atoms with Gasteiger partial charge < -0.3 is 14.4 Å². The molecule has 1 aliphatic heterocycles. The first-order chi connectivity index (χ1) is 16.0. The van der Waals surface area contributed by atoms with Gasteiger partial charge in [-0.3, -0.25) is 10.3 Å². The predicted molar refractivity (Wildman–Crippen MR) is 124 cm³/mol. The van der Waals surface area contributed by atoms with Crippen LogP contribution in [0.15, 0.2) is 54.6 Å². The molecule has 0 spiro atoms. The number of halogens is 1. The number of nitrogens with one attached hydrogen (secondary N) is 1. The zero-order chi connectivity index (χ0) is 23.2. The van der Waals surface area contributed by atoms with E-state index in [0.29, 0.717) is 35.6 Å². The Kier molecular flexibility index (Phi) is 6.99. The van der Waals surface area contributed by atoms with Crippen molar-refractivity contribution < 1.29 is 14.3 Å². The van der Waals surface area contributed by atoms with Gasteiger partial charge in [0, 0.05) is 13.1 Å². The first-order valence-corrected chi connectivity index (χ1v) is 10.8. The first-order valence-electron chi connectivity index (χ1n) is 10.4. The highest BCUT2D eigenvalue weighted by molar-refractivity contribution is 6.30. The van der Waals surface area contributed by atoms with Crippen molar-refractivity contribution in [2.75, 3.05) is 25.5 Å². The highest BCUT2D eigenvalue weighted by Crippen LogP contribution is 2.27. The number of hydrogen-bond acceptors (Lipinski definition) is 7. The number of likely N-dealkylation sites (tertiary alicyclic amines) is 1. The Balaban J connectivity index is 1.38. The summed E-state index contributed by atoms with van der Waals surface area (Å²) in [6.45, 7) is 3.32. The Morgan fingerprint density at radius 2 is 2.06 bits per heavy atom. The quantitative estimate of drug-likeness (QED) is 0.582. The molecule has 1 saturated heterocycles. The molecular formula is C23H23ClN6O3. The molecule has 170 valence electrons. The zero-order valence-corrected chi connectivity index (χ0v) is 19.0. The van der Waals surface area contributed by atoms with Crippen molar-refractivity contribution in [3.05, 3.63) is 65.2 Å². The molecule has 9 nitrogen and oxygen atoms in total. The van der Waals surface area contributed by atoms with Crippen LogP contribution in [0.1, 0.15) is 18.9 Å². The van der Waals surface area contributed by atoms with Crippen molar-refractivity contribution >= 4 is 29.5 Å². The Labute approximate surface area is 196 Å². The van der Waals surface area contributed by atoms with E-state index in [-0.39, 0.29) is 18.0 Å². The Morgan fingerprint density at radius 1 is 1.24 bits per heavy atom. The van der Waals surface area contributed by atoms with E-state index in [1.54, 1.807) is 4.90 Å². The highest BCUT2D eigenvalue weighted by atomic mass is 35.5. The number of ether oxygens (including phenoxy) is 2. The van der Waals surface area contributed by atoms with Gasteiger partial charge in [-0.25, -0.2) is 14.8 Å². The van der Waals surface area contributed by atoms with E-state index >= 15 is 0 Å². The summed E-state index contributed by atoms with van der Waals surface area (Å²) >= 11 is 5.82. The second-order valence-corrected chi connectivity index (χ2v) is 7.99. The van der Waals surface area contributed by atoms with Crippen LogP contribution in [0.5, 0.6) is 17.6 Å². The molecule has 3 heterocycles. The number of amides is 2. The largest absolute Gasteiger partial charge is 0.480 e. The van der Waals surface area contributed by atoms with Crippen molar-refractivity contribution in [3.63, 3.8) is 0 Å². The minimum Gasteiger partial charge on any atom is -0.480 e. The minimum absolute atomic E-state index is 0.199. The fourth-order valence-corrected chi connectivity index (χ4v) is 3.58. The number of methoxy groups -OCH3 is 1. The maximum atomic E-state index is 12.7. The monoisotopic (exact) mass is 466 g/mol. The van der Waals surface area contributed by atoms with E-state index in [0.717, 1.165) is 12.0 Å². The van der Waals surface area contributed by atoms with Gasteiger partial charge >= 0.3 is 12.0 Å². The van der Waals surface area contributed by atoms with E-state index in [9.17, 15) is 4.79 Å². The van der Waals surface area contributed by atoms with Crippen LogP contribution < -0.4 is 14.8 Å². The number of carbonyl (C=O) groups excluding carboxylic acids is 1. The molecule has 0 saturated carbocycles. The lowest BCUT2D eigenvalue weighted by Crippen LogP contribution is -2.42. The first kappa shape index (κ1) is 22.5. The second-order valence-electron chi connectivity index (χ2n) is 7.55. The molecule has 33 heavy (non-hydrogen) atoms. The van der Waals surface area contributed by atoms with Crippen molar-refractivity contribution in [2.45, 2.75) is 13.3 Å². The standard InChI is InChI=1S/C23H23ClN6O3/c1-15-14-30(23(31)29-20-12-25-13-21(28-20)32-2)7-6-17(15)8-16-4-3-5-19(9-16)33-22-26-10-18(24)11-27-22/h3-5,8-13,15H,6-7,14H2,1-2H3,(H,28,29,31). The van der Waals surface area contributed by atoms with E-state index < -0.39 is 0 Å². The third kappa shape index (κ3) is 5.95. The number of aromatic nitrogens is 4. The third-order valence-electron chi connectivity index (χ3n) is 5.16. The number of piperidine rings is 1. The summed E-state index contributed by atoms with van der Waals surface area (Å²) in [4.78, 5) is 30.7. The molecule has 0 aliphatic carbocycles. The zero-order valence-electron chi connectivity index (χ0n) is 18.2. The van der Waals surface area contributed by atoms with Crippen molar-refractivity contribution in [1.29, 1.82) is 0 Å². The molecule has 1 aromatic carbocycles. The number of anilines is 1. The lowest BCUT2D eigenvalue weighted by atomic mass is 9.91. The van der Waals surface area contributed by atoms with Crippen LogP contribution in [-0.2, 0) is 0 Å². The number of hydrogen-bond donors (Lipinski definition) is 1. The average Bonchev–Trinajstić information content (AvgIpc) is 2.82. The predicted octanol–water partition coefficient (Wildman–Crippen LogP) is 4.68. The molecule has 2 amide bonds. The molecule has 0 bridgehead atoms. The summed E-state index contributed by atoms with van der Waals surface area (Å²) in [5.74, 6) is 1.54. The molecule has 1 aliphatic rings. The summed E-state index contributed by atoms with van der Waals surface area (Å²) in [7, 11) is 1.50. The van der Waals surface area contributed by atoms with Crippen LogP contribution >= 0.6 is 11.6 Å². The fraction of sp³-hybridized carbons (Fsp3) is 0.261. The molecule has 0 radical (unpaired) electrons. The highest BCUT2D eigenvalue weighted by Gasteiger charge is 2.24. The molecule has 2 aromatic heterocycles. The topological polar surface area (TPSA) is 102 Å². The van der Waals surface area contributed by atoms with Gasteiger partial charge in [-0.2, -0.15) is 4.98 Å². The lowest BCUT2D eigenvalue weighted by molar-refractivity contribution is 0.197. The van der Waals surface area contributed by atoms with Crippen molar-refractivity contribution in [3.8, 4) is 17.6 Å². The number of benzene rings is 1. The van der Waals surface area contributed by atoms with E-state index in [1.807, 2.05) is 24.3 Å². The van der Waals surface area contributed by atoms with E-state index in [2.05, 4.69) is 38.3 Å². The number of carbonyl (C=O) groups is 1. The summed E-state index contributed by atoms with van der Waals surface area (Å²) < 4.78 is 10.8. The Hall–Kier alpha value is -3.72. The minimum atomic E-state index is -0.207. The van der Waals surface area contributed by atoms with Gasteiger partial charge in [0.2, 0.25) is 5.88 Å². The molecule has 1 unspecified atom stereocenters. The van der Waals surface area contributed by atoms with E-state index in [4.69, 9.17) is 21.1 Å². The van der Waals surface area contributed by atoms with Gasteiger partial charge in [0.15, 0.2) is 5.82 Å². The van der Waals surface area contributed by atoms with Gasteiger partial charge in [0.05, 0.1) is 36.9 Å². The maximum Gasteiger partial charge on any atom is 0.323 e. The second kappa shape index (κ2) is 10.3. The van der Waals surface area contributed by atoms with Gasteiger partial charge in [0.25, 0.3) is 0 Å². The van der Waals surface area contributed by atoms with Crippen LogP contribution in [0.2, 0.25) is 5.02 Å². The molecule has 3 aromatic rings. The normalized spacial score (nSPS) is 17.0. The van der Waals surface area contributed by atoms with Gasteiger partial charge in [-0.15, -0.1) is 0 Å². The fourth-order valence-electron chi connectivity index (χ4n) is 3.48. The Morgan fingerprint density at radius 3 is 2.82 bits per heavy atom.